The zero-order chi connectivity index (χ0) is 14.1. The summed E-state index contributed by atoms with van der Waals surface area (Å²) < 4.78 is 12.3. The van der Waals surface area contributed by atoms with E-state index in [0.29, 0.717) is 11.8 Å². The minimum absolute atomic E-state index is 0.151. The number of rotatable bonds is 2. The summed E-state index contributed by atoms with van der Waals surface area (Å²) in [6.07, 6.45) is 1.41. The van der Waals surface area contributed by atoms with Crippen molar-refractivity contribution in [3.05, 3.63) is 71.8 Å². The number of hydrogen-bond acceptors (Lipinski definition) is 2. The van der Waals surface area contributed by atoms with Crippen LogP contribution in [-0.4, -0.2) is 13.2 Å². The highest BCUT2D eigenvalue weighted by Crippen LogP contribution is 2.50. The van der Waals surface area contributed by atoms with Gasteiger partial charge in [0.15, 0.2) is 0 Å². The van der Waals surface area contributed by atoms with Gasteiger partial charge in [-0.2, -0.15) is 0 Å². The minimum Gasteiger partial charge on any atom is -0.373 e. The van der Waals surface area contributed by atoms with Crippen LogP contribution in [0, 0.1) is 11.8 Å². The maximum Gasteiger partial charge on any atom is 0.0884 e. The van der Waals surface area contributed by atoms with Gasteiger partial charge < -0.3 is 9.47 Å². The molecule has 0 unspecified atom stereocenters. The average molecular weight is 280 g/mol. The Balaban J connectivity index is 1.69. The van der Waals surface area contributed by atoms with E-state index in [2.05, 4.69) is 60.7 Å². The maximum atomic E-state index is 6.16. The second kappa shape index (κ2) is 5.63. The molecule has 0 aromatic heterocycles. The summed E-state index contributed by atoms with van der Waals surface area (Å²) in [7, 11) is 0. The van der Waals surface area contributed by atoms with Crippen molar-refractivity contribution in [2.75, 3.05) is 13.2 Å². The Hall–Kier alpha value is -1.64. The van der Waals surface area contributed by atoms with Crippen LogP contribution in [0.5, 0.6) is 0 Å². The van der Waals surface area contributed by atoms with E-state index >= 15 is 0 Å². The average Bonchev–Trinajstić information content (AvgIpc) is 3.00. The molecule has 0 aliphatic carbocycles. The van der Waals surface area contributed by atoms with Crippen LogP contribution in [0.4, 0.5) is 0 Å². The number of ether oxygens (including phenoxy) is 2. The molecule has 2 saturated heterocycles. The molecule has 4 atom stereocenters. The lowest BCUT2D eigenvalue weighted by molar-refractivity contribution is -0.0605. The molecule has 0 radical (unpaired) electrons. The molecule has 2 aliphatic heterocycles. The van der Waals surface area contributed by atoms with Gasteiger partial charge >= 0.3 is 0 Å². The molecule has 21 heavy (non-hydrogen) atoms. The summed E-state index contributed by atoms with van der Waals surface area (Å²) in [5, 5.41) is 0. The van der Waals surface area contributed by atoms with E-state index in [1.807, 2.05) is 0 Å². The molecular formula is C19H20O2. The number of fused-ring (bicyclic) bond motifs is 1. The second-order valence-corrected chi connectivity index (χ2v) is 5.99. The Bertz CT molecular complexity index is 581. The zero-order valence-electron chi connectivity index (χ0n) is 12.0. The summed E-state index contributed by atoms with van der Waals surface area (Å²) in [5.74, 6) is 1.03. The molecule has 0 bridgehead atoms. The summed E-state index contributed by atoms with van der Waals surface area (Å²) in [4.78, 5) is 0. The van der Waals surface area contributed by atoms with Gasteiger partial charge in [-0.3, -0.25) is 0 Å². The van der Waals surface area contributed by atoms with Gasteiger partial charge in [0, 0.05) is 12.5 Å². The van der Waals surface area contributed by atoms with Gasteiger partial charge in [-0.05, 0) is 23.5 Å². The van der Waals surface area contributed by atoms with Crippen molar-refractivity contribution in [1.82, 2.24) is 0 Å². The number of hydrogen-bond donors (Lipinski definition) is 0. The molecule has 0 saturated carbocycles. The molecule has 2 nitrogen and oxygen atoms in total. The fourth-order valence-electron chi connectivity index (χ4n) is 3.76. The second-order valence-electron chi connectivity index (χ2n) is 5.99. The lowest BCUT2D eigenvalue weighted by Gasteiger charge is -2.36. The lowest BCUT2D eigenvalue weighted by Crippen LogP contribution is -2.31. The molecular weight excluding hydrogens is 260 g/mol. The first kappa shape index (κ1) is 13.1. The van der Waals surface area contributed by atoms with Gasteiger partial charge in [-0.25, -0.2) is 0 Å². The quantitative estimate of drug-likeness (QED) is 0.822. The molecule has 2 aromatic carbocycles. The first-order valence-corrected chi connectivity index (χ1v) is 7.76. The van der Waals surface area contributed by atoms with Crippen LogP contribution in [0.15, 0.2) is 60.7 Å². The van der Waals surface area contributed by atoms with Crippen molar-refractivity contribution in [3.63, 3.8) is 0 Å². The van der Waals surface area contributed by atoms with Crippen LogP contribution in [0.3, 0.4) is 0 Å². The SMILES string of the molecule is c1ccc([C@H]2OCC[C@H]3CO[C@@H](c4ccccc4)[C@@H]32)cc1. The third-order valence-electron chi connectivity index (χ3n) is 4.78. The molecule has 108 valence electrons. The zero-order valence-corrected chi connectivity index (χ0v) is 12.0. The van der Waals surface area contributed by atoms with Gasteiger partial charge in [0.2, 0.25) is 0 Å². The predicted octanol–water partition coefficient (Wildman–Crippen LogP) is 4.15. The lowest BCUT2D eigenvalue weighted by atomic mass is 9.78. The van der Waals surface area contributed by atoms with Crippen molar-refractivity contribution in [3.8, 4) is 0 Å². The van der Waals surface area contributed by atoms with E-state index in [0.717, 1.165) is 19.6 Å². The molecule has 0 N–H and O–H groups in total. The topological polar surface area (TPSA) is 18.5 Å². The van der Waals surface area contributed by atoms with Crippen LogP contribution in [0.1, 0.15) is 29.8 Å². The normalized spacial score (nSPS) is 31.8. The molecule has 4 rings (SSSR count). The Labute approximate surface area is 125 Å². The molecule has 0 spiro atoms. The third kappa shape index (κ3) is 2.39. The van der Waals surface area contributed by atoms with Gasteiger partial charge in [0.1, 0.15) is 0 Å². The summed E-state index contributed by atoms with van der Waals surface area (Å²) >= 11 is 0. The van der Waals surface area contributed by atoms with Gasteiger partial charge in [0.25, 0.3) is 0 Å². The van der Waals surface area contributed by atoms with Gasteiger partial charge in [-0.15, -0.1) is 0 Å². The molecule has 2 heteroatoms. The molecule has 2 heterocycles. The first-order chi connectivity index (χ1) is 10.4. The van der Waals surface area contributed by atoms with Crippen LogP contribution in [-0.2, 0) is 9.47 Å². The fourth-order valence-corrected chi connectivity index (χ4v) is 3.76. The van der Waals surface area contributed by atoms with E-state index < -0.39 is 0 Å². The van der Waals surface area contributed by atoms with E-state index in [1.54, 1.807) is 0 Å². The first-order valence-electron chi connectivity index (χ1n) is 7.76. The van der Waals surface area contributed by atoms with E-state index in [-0.39, 0.29) is 12.2 Å². The van der Waals surface area contributed by atoms with Crippen molar-refractivity contribution in [1.29, 1.82) is 0 Å². The van der Waals surface area contributed by atoms with Gasteiger partial charge in [-0.1, -0.05) is 60.7 Å². The Morgan fingerprint density at radius 3 is 1.90 bits per heavy atom. The highest BCUT2D eigenvalue weighted by atomic mass is 16.5. The smallest absolute Gasteiger partial charge is 0.0884 e. The predicted molar refractivity (Wildman–Crippen MR) is 81.9 cm³/mol. The van der Waals surface area contributed by atoms with Crippen molar-refractivity contribution >= 4 is 0 Å². The van der Waals surface area contributed by atoms with Crippen LogP contribution < -0.4 is 0 Å². The largest absolute Gasteiger partial charge is 0.373 e. The molecule has 2 fully saturated rings. The Kier molecular flexibility index (Phi) is 3.50. The van der Waals surface area contributed by atoms with Crippen LogP contribution in [0.25, 0.3) is 0 Å². The number of benzene rings is 2. The fraction of sp³-hybridized carbons (Fsp3) is 0.368. The van der Waals surface area contributed by atoms with Crippen LogP contribution >= 0.6 is 0 Å². The third-order valence-corrected chi connectivity index (χ3v) is 4.78. The standard InChI is InChI=1S/C19H20O2/c1-3-7-14(8-4-1)18-17-16(11-12-20-18)13-21-19(17)15-9-5-2-6-10-15/h1-10,16-19H,11-13H2/t16-,17-,18+,19-/m0/s1. The van der Waals surface area contributed by atoms with Crippen molar-refractivity contribution < 1.29 is 9.47 Å². The van der Waals surface area contributed by atoms with E-state index in [1.165, 1.54) is 11.1 Å². The highest BCUT2D eigenvalue weighted by molar-refractivity contribution is 5.24. The van der Waals surface area contributed by atoms with E-state index in [4.69, 9.17) is 9.47 Å². The summed E-state index contributed by atoms with van der Waals surface area (Å²) in [5.41, 5.74) is 2.55. The summed E-state index contributed by atoms with van der Waals surface area (Å²) in [6, 6.07) is 21.2. The van der Waals surface area contributed by atoms with Crippen LogP contribution in [0.2, 0.25) is 0 Å². The molecule has 2 aromatic rings. The molecule has 0 amide bonds. The van der Waals surface area contributed by atoms with Gasteiger partial charge in [0.05, 0.1) is 18.8 Å². The summed E-state index contributed by atoms with van der Waals surface area (Å²) in [6.45, 7) is 1.70. The van der Waals surface area contributed by atoms with Crippen molar-refractivity contribution in [2.45, 2.75) is 18.6 Å². The van der Waals surface area contributed by atoms with E-state index in [9.17, 15) is 0 Å². The Morgan fingerprint density at radius 2 is 1.29 bits per heavy atom. The van der Waals surface area contributed by atoms with Crippen molar-refractivity contribution in [2.24, 2.45) is 11.8 Å². The monoisotopic (exact) mass is 280 g/mol. The Morgan fingerprint density at radius 1 is 0.714 bits per heavy atom. The molecule has 2 aliphatic rings. The highest BCUT2D eigenvalue weighted by Gasteiger charge is 2.46. The maximum absolute atomic E-state index is 6.16. The minimum atomic E-state index is 0.151.